The van der Waals surface area contributed by atoms with E-state index in [4.69, 9.17) is 0 Å². The first-order chi connectivity index (χ1) is 8.56. The molecule has 0 atom stereocenters. The number of halogens is 4. The van der Waals surface area contributed by atoms with Crippen LogP contribution in [0.4, 0.5) is 23.2 Å². The molecule has 0 unspecified atom stereocenters. The van der Waals surface area contributed by atoms with Crippen LogP contribution >= 0.6 is 0 Å². The molecule has 0 aliphatic carbocycles. The number of aliphatic imine (C=N–C) groups is 1. The van der Waals surface area contributed by atoms with Crippen molar-refractivity contribution < 1.29 is 17.6 Å². The number of benzene rings is 2. The fourth-order valence-corrected chi connectivity index (χ4v) is 1.39. The van der Waals surface area contributed by atoms with Gasteiger partial charge in [-0.05, 0) is 24.3 Å². The molecular weight excluding hydrogens is 246 g/mol. The summed E-state index contributed by atoms with van der Waals surface area (Å²) in [5.74, 6) is -3.21. The maximum Gasteiger partial charge on any atom is 0.134 e. The molecular formula is C13H7F4N. The molecule has 0 saturated heterocycles. The van der Waals surface area contributed by atoms with Gasteiger partial charge in [0.25, 0.3) is 0 Å². The standard InChI is InChI=1S/C13H7F4N/c14-8-4-9(15)6-10(5-8)18-7-11-12(16)2-1-3-13(11)17/h1-7H. The highest BCUT2D eigenvalue weighted by Crippen LogP contribution is 2.17. The average molecular weight is 253 g/mol. The normalized spacial score (nSPS) is 11.1. The van der Waals surface area contributed by atoms with Crippen molar-refractivity contribution in [1.82, 2.24) is 0 Å². The van der Waals surface area contributed by atoms with E-state index in [1.54, 1.807) is 0 Å². The lowest BCUT2D eigenvalue weighted by molar-refractivity contribution is 0.580. The summed E-state index contributed by atoms with van der Waals surface area (Å²) in [4.78, 5) is 3.63. The van der Waals surface area contributed by atoms with E-state index < -0.39 is 23.3 Å². The predicted molar refractivity (Wildman–Crippen MR) is 60.0 cm³/mol. The van der Waals surface area contributed by atoms with Crippen LogP contribution in [0.15, 0.2) is 41.4 Å². The lowest BCUT2D eigenvalue weighted by Crippen LogP contribution is -1.92. The molecule has 0 aliphatic rings. The summed E-state index contributed by atoms with van der Waals surface area (Å²) >= 11 is 0. The second kappa shape index (κ2) is 5.00. The Morgan fingerprint density at radius 2 is 1.39 bits per heavy atom. The van der Waals surface area contributed by atoms with Gasteiger partial charge >= 0.3 is 0 Å². The lowest BCUT2D eigenvalue weighted by atomic mass is 10.2. The molecule has 0 fully saturated rings. The van der Waals surface area contributed by atoms with E-state index in [0.29, 0.717) is 6.07 Å². The second-order valence-electron chi connectivity index (χ2n) is 3.52. The SMILES string of the molecule is Fc1cc(F)cc(N=Cc2c(F)cccc2F)c1. The zero-order chi connectivity index (χ0) is 13.1. The zero-order valence-electron chi connectivity index (χ0n) is 9.00. The maximum absolute atomic E-state index is 13.2. The molecule has 18 heavy (non-hydrogen) atoms. The van der Waals surface area contributed by atoms with Gasteiger partial charge in [0.2, 0.25) is 0 Å². The van der Waals surface area contributed by atoms with Crippen molar-refractivity contribution >= 4 is 11.9 Å². The Balaban J connectivity index is 2.36. The minimum Gasteiger partial charge on any atom is -0.256 e. The van der Waals surface area contributed by atoms with Crippen LogP contribution in [0.5, 0.6) is 0 Å². The Kier molecular flexibility index (Phi) is 3.41. The number of rotatable bonds is 2. The van der Waals surface area contributed by atoms with Crippen molar-refractivity contribution in [3.63, 3.8) is 0 Å². The third kappa shape index (κ3) is 2.74. The number of hydrogen-bond acceptors (Lipinski definition) is 1. The third-order valence-electron chi connectivity index (χ3n) is 2.19. The van der Waals surface area contributed by atoms with Gasteiger partial charge in [-0.1, -0.05) is 6.07 Å². The second-order valence-corrected chi connectivity index (χ2v) is 3.52. The topological polar surface area (TPSA) is 12.4 Å². The van der Waals surface area contributed by atoms with Crippen molar-refractivity contribution in [3.05, 3.63) is 65.2 Å². The Bertz CT molecular complexity index is 567. The summed E-state index contributed by atoms with van der Waals surface area (Å²) in [7, 11) is 0. The van der Waals surface area contributed by atoms with Gasteiger partial charge in [0, 0.05) is 12.3 Å². The Labute approximate surface area is 100 Å². The highest BCUT2D eigenvalue weighted by molar-refractivity contribution is 5.82. The van der Waals surface area contributed by atoms with Crippen LogP contribution in [0.3, 0.4) is 0 Å². The molecule has 2 rings (SSSR count). The summed E-state index contributed by atoms with van der Waals surface area (Å²) in [6.45, 7) is 0. The zero-order valence-corrected chi connectivity index (χ0v) is 9.00. The highest BCUT2D eigenvalue weighted by atomic mass is 19.1. The molecule has 2 aromatic rings. The van der Waals surface area contributed by atoms with Gasteiger partial charge in [0.15, 0.2) is 0 Å². The number of nitrogens with zero attached hydrogens (tertiary/aromatic N) is 1. The van der Waals surface area contributed by atoms with E-state index in [1.807, 2.05) is 0 Å². The summed E-state index contributed by atoms with van der Waals surface area (Å²) in [5.41, 5.74) is -0.419. The van der Waals surface area contributed by atoms with Crippen LogP contribution in [-0.4, -0.2) is 6.21 Å². The van der Waals surface area contributed by atoms with E-state index in [2.05, 4.69) is 4.99 Å². The van der Waals surface area contributed by atoms with E-state index in [1.165, 1.54) is 6.07 Å². The summed E-state index contributed by atoms with van der Waals surface area (Å²) < 4.78 is 52.2. The van der Waals surface area contributed by atoms with E-state index in [-0.39, 0.29) is 11.3 Å². The van der Waals surface area contributed by atoms with Gasteiger partial charge in [-0.2, -0.15) is 0 Å². The van der Waals surface area contributed by atoms with Crippen LogP contribution in [-0.2, 0) is 0 Å². The first kappa shape index (κ1) is 12.3. The molecule has 0 amide bonds. The lowest BCUT2D eigenvalue weighted by Gasteiger charge is -1.98. The van der Waals surface area contributed by atoms with Crippen molar-refractivity contribution in [2.45, 2.75) is 0 Å². The quantitative estimate of drug-likeness (QED) is 0.566. The van der Waals surface area contributed by atoms with E-state index in [9.17, 15) is 17.6 Å². The molecule has 92 valence electrons. The molecule has 5 heteroatoms. The van der Waals surface area contributed by atoms with Crippen LogP contribution in [0.1, 0.15) is 5.56 Å². The largest absolute Gasteiger partial charge is 0.256 e. The summed E-state index contributed by atoms with van der Waals surface area (Å²) in [6, 6.07) is 5.94. The van der Waals surface area contributed by atoms with Gasteiger partial charge in [-0.15, -0.1) is 0 Å². The molecule has 0 radical (unpaired) electrons. The fraction of sp³-hybridized carbons (Fsp3) is 0. The van der Waals surface area contributed by atoms with Gasteiger partial charge < -0.3 is 0 Å². The third-order valence-corrected chi connectivity index (χ3v) is 2.19. The van der Waals surface area contributed by atoms with Gasteiger partial charge in [0.05, 0.1) is 11.3 Å². The maximum atomic E-state index is 13.2. The van der Waals surface area contributed by atoms with E-state index in [0.717, 1.165) is 30.5 Å². The average Bonchev–Trinajstić information content (AvgIpc) is 2.27. The van der Waals surface area contributed by atoms with Crippen LogP contribution in [0.25, 0.3) is 0 Å². The van der Waals surface area contributed by atoms with Crippen molar-refractivity contribution in [1.29, 1.82) is 0 Å². The molecule has 0 bridgehead atoms. The van der Waals surface area contributed by atoms with Crippen LogP contribution < -0.4 is 0 Å². The number of hydrogen-bond donors (Lipinski definition) is 0. The van der Waals surface area contributed by atoms with Crippen molar-refractivity contribution in [2.24, 2.45) is 4.99 Å². The summed E-state index contributed by atoms with van der Waals surface area (Å²) in [6.07, 6.45) is 0.888. The molecule has 0 saturated carbocycles. The molecule has 1 nitrogen and oxygen atoms in total. The molecule has 0 aromatic heterocycles. The first-order valence-electron chi connectivity index (χ1n) is 5.00. The van der Waals surface area contributed by atoms with Gasteiger partial charge in [0.1, 0.15) is 23.3 Å². The molecule has 0 heterocycles. The van der Waals surface area contributed by atoms with Gasteiger partial charge in [-0.3, -0.25) is 4.99 Å². The molecule has 0 N–H and O–H groups in total. The Morgan fingerprint density at radius 1 is 0.833 bits per heavy atom. The monoisotopic (exact) mass is 253 g/mol. The van der Waals surface area contributed by atoms with Crippen LogP contribution in [0.2, 0.25) is 0 Å². The van der Waals surface area contributed by atoms with Crippen molar-refractivity contribution in [2.75, 3.05) is 0 Å². The summed E-state index contributed by atoms with van der Waals surface area (Å²) in [5, 5.41) is 0. The van der Waals surface area contributed by atoms with Crippen molar-refractivity contribution in [3.8, 4) is 0 Å². The highest BCUT2D eigenvalue weighted by Gasteiger charge is 2.05. The molecule has 0 spiro atoms. The van der Waals surface area contributed by atoms with Gasteiger partial charge in [-0.25, -0.2) is 17.6 Å². The Morgan fingerprint density at radius 3 is 1.94 bits per heavy atom. The predicted octanol–water partition coefficient (Wildman–Crippen LogP) is 3.99. The van der Waals surface area contributed by atoms with E-state index >= 15 is 0 Å². The first-order valence-corrected chi connectivity index (χ1v) is 5.00. The minimum absolute atomic E-state index is 0.0600. The smallest absolute Gasteiger partial charge is 0.134 e. The molecule has 0 aliphatic heterocycles. The molecule has 2 aromatic carbocycles. The fourth-order valence-electron chi connectivity index (χ4n) is 1.39. The Hall–Kier alpha value is -2.17. The van der Waals surface area contributed by atoms with Crippen LogP contribution in [0, 0.1) is 23.3 Å². The minimum atomic E-state index is -0.809.